The van der Waals surface area contributed by atoms with Crippen molar-refractivity contribution in [3.8, 4) is 0 Å². The zero-order valence-electron chi connectivity index (χ0n) is 9.33. The summed E-state index contributed by atoms with van der Waals surface area (Å²) >= 11 is 0. The van der Waals surface area contributed by atoms with E-state index in [9.17, 15) is 4.79 Å². The van der Waals surface area contributed by atoms with Crippen molar-refractivity contribution in [3.63, 3.8) is 0 Å². The first kappa shape index (κ1) is 13.4. The van der Waals surface area contributed by atoms with Gasteiger partial charge in [0.2, 0.25) is 0 Å². The van der Waals surface area contributed by atoms with Crippen LogP contribution in [0.3, 0.4) is 0 Å². The predicted molar refractivity (Wildman–Crippen MR) is 53.2 cm³/mol. The average Bonchev–Trinajstić information content (AvgIpc) is 2.13. The zero-order chi connectivity index (χ0) is 11.4. The van der Waals surface area contributed by atoms with Gasteiger partial charge in [0.05, 0.1) is 11.0 Å². The van der Waals surface area contributed by atoms with E-state index in [-0.39, 0.29) is 6.61 Å². The Bertz CT molecular complexity index is 200. The molecule has 0 aromatic heterocycles. The van der Waals surface area contributed by atoms with Crippen molar-refractivity contribution in [1.29, 1.82) is 0 Å². The van der Waals surface area contributed by atoms with Crippen LogP contribution in [0.25, 0.3) is 0 Å². The third-order valence-electron chi connectivity index (χ3n) is 3.12. The van der Waals surface area contributed by atoms with Crippen LogP contribution in [-0.2, 0) is 9.53 Å². The molecule has 0 radical (unpaired) electrons. The van der Waals surface area contributed by atoms with E-state index in [4.69, 9.17) is 14.9 Å². The van der Waals surface area contributed by atoms with Crippen LogP contribution < -0.4 is 0 Å². The second kappa shape index (κ2) is 4.75. The smallest absolute Gasteiger partial charge is 0.311 e. The van der Waals surface area contributed by atoms with Crippen LogP contribution in [0.5, 0.6) is 0 Å². The molecule has 0 aliphatic carbocycles. The number of ether oxygens (including phenoxy) is 1. The molecule has 0 aromatic carbocycles. The van der Waals surface area contributed by atoms with E-state index in [0.717, 1.165) is 0 Å². The first-order chi connectivity index (χ1) is 6.31. The van der Waals surface area contributed by atoms with Gasteiger partial charge in [-0.25, -0.2) is 0 Å². The Morgan fingerprint density at radius 3 is 2.14 bits per heavy atom. The molecule has 2 N–H and O–H groups in total. The van der Waals surface area contributed by atoms with E-state index < -0.39 is 17.0 Å². The normalized spacial score (nSPS) is 16.4. The molecule has 0 fully saturated rings. The molecule has 0 saturated carbocycles. The molecule has 14 heavy (non-hydrogen) atoms. The van der Waals surface area contributed by atoms with Gasteiger partial charge < -0.3 is 14.9 Å². The number of carbonyl (C=O) groups is 1. The molecule has 4 heteroatoms. The van der Waals surface area contributed by atoms with Crippen molar-refractivity contribution < 1.29 is 19.7 Å². The van der Waals surface area contributed by atoms with Gasteiger partial charge >= 0.3 is 5.97 Å². The summed E-state index contributed by atoms with van der Waals surface area (Å²) in [6, 6.07) is 0. The van der Waals surface area contributed by atoms with Crippen LogP contribution in [-0.4, -0.2) is 35.5 Å². The standard InChI is InChI=1S/C10H20O4/c1-9(2,8(12)13)10(3,14-4)6-5-7-11/h11H,5-7H2,1-4H3,(H,12,13). The molecule has 84 valence electrons. The lowest BCUT2D eigenvalue weighted by Crippen LogP contribution is -2.48. The maximum atomic E-state index is 11.0. The highest BCUT2D eigenvalue weighted by Gasteiger charge is 2.46. The van der Waals surface area contributed by atoms with Gasteiger partial charge in [-0.2, -0.15) is 0 Å². The summed E-state index contributed by atoms with van der Waals surface area (Å²) in [7, 11) is 1.50. The number of hydrogen-bond donors (Lipinski definition) is 2. The number of carboxylic acids is 1. The van der Waals surface area contributed by atoms with E-state index in [2.05, 4.69) is 0 Å². The number of rotatable bonds is 6. The summed E-state index contributed by atoms with van der Waals surface area (Å²) < 4.78 is 5.27. The molecule has 0 spiro atoms. The lowest BCUT2D eigenvalue weighted by Gasteiger charge is -2.40. The zero-order valence-corrected chi connectivity index (χ0v) is 9.33. The predicted octanol–water partition coefficient (Wildman–Crippen LogP) is 1.27. The maximum absolute atomic E-state index is 11.0. The molecular formula is C10H20O4. The van der Waals surface area contributed by atoms with Gasteiger partial charge in [-0.3, -0.25) is 4.79 Å². The van der Waals surface area contributed by atoms with E-state index >= 15 is 0 Å². The van der Waals surface area contributed by atoms with Crippen molar-refractivity contribution >= 4 is 5.97 Å². The van der Waals surface area contributed by atoms with Gasteiger partial charge in [-0.15, -0.1) is 0 Å². The lowest BCUT2D eigenvalue weighted by atomic mass is 9.73. The molecule has 1 atom stereocenters. The Kier molecular flexibility index (Phi) is 4.55. The Morgan fingerprint density at radius 1 is 1.36 bits per heavy atom. The van der Waals surface area contributed by atoms with Crippen LogP contribution in [0.2, 0.25) is 0 Å². The molecule has 0 amide bonds. The summed E-state index contributed by atoms with van der Waals surface area (Å²) in [6.45, 7) is 5.08. The monoisotopic (exact) mass is 204 g/mol. The van der Waals surface area contributed by atoms with Crippen LogP contribution >= 0.6 is 0 Å². The van der Waals surface area contributed by atoms with Crippen molar-refractivity contribution in [2.75, 3.05) is 13.7 Å². The minimum atomic E-state index is -0.961. The third kappa shape index (κ3) is 2.45. The first-order valence-electron chi connectivity index (χ1n) is 4.71. The summed E-state index contributed by atoms with van der Waals surface area (Å²) in [5.74, 6) is -0.889. The number of aliphatic hydroxyl groups is 1. The Morgan fingerprint density at radius 2 is 1.86 bits per heavy atom. The van der Waals surface area contributed by atoms with Crippen molar-refractivity contribution in [1.82, 2.24) is 0 Å². The largest absolute Gasteiger partial charge is 0.481 e. The summed E-state index contributed by atoms with van der Waals surface area (Å²) in [6.07, 6.45) is 1.07. The molecule has 0 aliphatic heterocycles. The van der Waals surface area contributed by atoms with Crippen LogP contribution in [0.4, 0.5) is 0 Å². The second-order valence-corrected chi connectivity index (χ2v) is 4.19. The third-order valence-corrected chi connectivity index (χ3v) is 3.12. The average molecular weight is 204 g/mol. The minimum Gasteiger partial charge on any atom is -0.481 e. The van der Waals surface area contributed by atoms with Gasteiger partial charge in [0.25, 0.3) is 0 Å². The highest BCUT2D eigenvalue weighted by molar-refractivity contribution is 5.75. The Labute approximate surface area is 84.9 Å². The van der Waals surface area contributed by atoms with Crippen molar-refractivity contribution in [2.24, 2.45) is 5.41 Å². The van der Waals surface area contributed by atoms with Crippen molar-refractivity contribution in [3.05, 3.63) is 0 Å². The fraction of sp³-hybridized carbons (Fsp3) is 0.900. The van der Waals surface area contributed by atoms with Crippen LogP contribution in [0.1, 0.15) is 33.6 Å². The summed E-state index contributed by atoms with van der Waals surface area (Å²) in [4.78, 5) is 11.0. The fourth-order valence-corrected chi connectivity index (χ4v) is 1.31. The van der Waals surface area contributed by atoms with E-state index in [1.54, 1.807) is 20.8 Å². The van der Waals surface area contributed by atoms with Gasteiger partial charge in [-0.05, 0) is 33.6 Å². The first-order valence-corrected chi connectivity index (χ1v) is 4.71. The SMILES string of the molecule is COC(C)(CCCO)C(C)(C)C(=O)O. The summed E-state index contributed by atoms with van der Waals surface area (Å²) in [5, 5.41) is 17.8. The van der Waals surface area contributed by atoms with E-state index in [1.165, 1.54) is 7.11 Å². The topological polar surface area (TPSA) is 66.8 Å². The van der Waals surface area contributed by atoms with E-state index in [0.29, 0.717) is 12.8 Å². The number of aliphatic hydroxyl groups excluding tert-OH is 1. The van der Waals surface area contributed by atoms with Gasteiger partial charge in [0.1, 0.15) is 0 Å². The second-order valence-electron chi connectivity index (χ2n) is 4.19. The molecule has 0 bridgehead atoms. The molecule has 0 aliphatic rings. The fourth-order valence-electron chi connectivity index (χ4n) is 1.31. The van der Waals surface area contributed by atoms with Crippen LogP contribution in [0.15, 0.2) is 0 Å². The number of hydrogen-bond acceptors (Lipinski definition) is 3. The minimum absolute atomic E-state index is 0.0502. The molecule has 1 unspecified atom stereocenters. The van der Waals surface area contributed by atoms with E-state index in [1.807, 2.05) is 0 Å². The number of methoxy groups -OCH3 is 1. The number of carboxylic acid groups (broad SMARTS) is 1. The lowest BCUT2D eigenvalue weighted by molar-refractivity contribution is -0.168. The van der Waals surface area contributed by atoms with Gasteiger partial charge in [0.15, 0.2) is 0 Å². The quantitative estimate of drug-likeness (QED) is 0.684. The number of aliphatic carboxylic acids is 1. The molecule has 4 nitrogen and oxygen atoms in total. The molecular weight excluding hydrogens is 184 g/mol. The van der Waals surface area contributed by atoms with Gasteiger partial charge in [-0.1, -0.05) is 0 Å². The highest BCUT2D eigenvalue weighted by Crippen LogP contribution is 2.37. The highest BCUT2D eigenvalue weighted by atomic mass is 16.5. The van der Waals surface area contributed by atoms with Crippen molar-refractivity contribution in [2.45, 2.75) is 39.2 Å². The van der Waals surface area contributed by atoms with Gasteiger partial charge in [0, 0.05) is 13.7 Å². The van der Waals surface area contributed by atoms with Crippen LogP contribution in [0, 0.1) is 5.41 Å². The molecule has 0 saturated heterocycles. The summed E-state index contributed by atoms with van der Waals surface area (Å²) in [5.41, 5.74) is -1.71. The molecule has 0 rings (SSSR count). The molecule has 0 aromatic rings. The molecule has 0 heterocycles. The Hall–Kier alpha value is -0.610. The Balaban J connectivity index is 4.73. The maximum Gasteiger partial charge on any atom is 0.311 e.